The molecule has 0 amide bonds. The minimum absolute atomic E-state index is 0.223. The maximum absolute atomic E-state index is 6.36. The molecule has 1 atom stereocenters. The molecule has 1 aromatic heterocycles. The highest BCUT2D eigenvalue weighted by atomic mass is 79.9. The van der Waals surface area contributed by atoms with Gasteiger partial charge in [0.05, 0.1) is 11.7 Å². The van der Waals surface area contributed by atoms with Crippen LogP contribution in [0.3, 0.4) is 0 Å². The third-order valence-corrected chi connectivity index (χ3v) is 5.79. The molecule has 0 spiro atoms. The molecular formula is C15H17Br2N3S. The van der Waals surface area contributed by atoms with E-state index in [2.05, 4.69) is 65.7 Å². The standard InChI is InChI=1S/C15H17Br2N3S/c16-10-8-11(14(18)12(17)9-10)15(13-2-1-7-21-13)20-5-3-19-4-6-20/h1-2,7-9,15,19H,3-6,18H2/t15-/m1/s1. The fourth-order valence-corrected chi connectivity index (χ4v) is 4.88. The van der Waals surface area contributed by atoms with Crippen LogP contribution >= 0.6 is 43.2 Å². The Labute approximate surface area is 145 Å². The average molecular weight is 431 g/mol. The minimum atomic E-state index is 0.223. The van der Waals surface area contributed by atoms with E-state index in [9.17, 15) is 0 Å². The van der Waals surface area contributed by atoms with Gasteiger partial charge in [-0.3, -0.25) is 4.90 Å². The second kappa shape index (κ2) is 6.79. The summed E-state index contributed by atoms with van der Waals surface area (Å²) in [4.78, 5) is 3.85. The number of nitrogens with one attached hydrogen (secondary N) is 1. The summed E-state index contributed by atoms with van der Waals surface area (Å²) in [6.45, 7) is 4.12. The zero-order chi connectivity index (χ0) is 14.8. The first-order valence-corrected chi connectivity index (χ1v) is 9.36. The highest BCUT2D eigenvalue weighted by Gasteiger charge is 2.27. The fourth-order valence-electron chi connectivity index (χ4n) is 2.75. The number of hydrogen-bond donors (Lipinski definition) is 2. The van der Waals surface area contributed by atoms with Crippen LogP contribution < -0.4 is 11.1 Å². The molecule has 1 fully saturated rings. The molecule has 0 saturated carbocycles. The lowest BCUT2D eigenvalue weighted by Crippen LogP contribution is -2.45. The van der Waals surface area contributed by atoms with Gasteiger partial charge in [-0.1, -0.05) is 22.0 Å². The first-order chi connectivity index (χ1) is 10.2. The van der Waals surface area contributed by atoms with Crippen molar-refractivity contribution in [3.05, 3.63) is 49.0 Å². The van der Waals surface area contributed by atoms with Gasteiger partial charge in [-0.05, 0) is 45.1 Å². The Morgan fingerprint density at radius 1 is 1.24 bits per heavy atom. The van der Waals surface area contributed by atoms with Crippen LogP contribution in [-0.2, 0) is 0 Å². The normalized spacial score (nSPS) is 17.8. The van der Waals surface area contributed by atoms with Gasteiger partial charge in [0.15, 0.2) is 0 Å². The van der Waals surface area contributed by atoms with Gasteiger partial charge in [0, 0.05) is 40.0 Å². The molecule has 1 saturated heterocycles. The molecule has 112 valence electrons. The number of benzene rings is 1. The molecule has 3 rings (SSSR count). The summed E-state index contributed by atoms with van der Waals surface area (Å²) in [5.41, 5.74) is 8.36. The smallest absolute Gasteiger partial charge is 0.0717 e. The molecule has 2 aromatic rings. The van der Waals surface area contributed by atoms with Gasteiger partial charge < -0.3 is 11.1 Å². The number of thiophene rings is 1. The minimum Gasteiger partial charge on any atom is -0.398 e. The Hall–Kier alpha value is -0.400. The number of nitrogens with two attached hydrogens (primary N) is 1. The zero-order valence-corrected chi connectivity index (χ0v) is 15.5. The summed E-state index contributed by atoms with van der Waals surface area (Å²) in [5.74, 6) is 0. The van der Waals surface area contributed by atoms with Crippen molar-refractivity contribution in [2.45, 2.75) is 6.04 Å². The highest BCUT2D eigenvalue weighted by molar-refractivity contribution is 9.11. The Kier molecular flexibility index (Phi) is 5.01. The lowest BCUT2D eigenvalue weighted by molar-refractivity contribution is 0.201. The molecule has 21 heavy (non-hydrogen) atoms. The molecule has 3 N–H and O–H groups in total. The van der Waals surface area contributed by atoms with Crippen molar-refractivity contribution in [3.8, 4) is 0 Å². The van der Waals surface area contributed by atoms with Gasteiger partial charge in [-0.2, -0.15) is 0 Å². The van der Waals surface area contributed by atoms with E-state index in [-0.39, 0.29) is 6.04 Å². The molecule has 0 unspecified atom stereocenters. The van der Waals surface area contributed by atoms with Crippen LogP contribution in [0, 0.1) is 0 Å². The largest absolute Gasteiger partial charge is 0.398 e. The van der Waals surface area contributed by atoms with Crippen LogP contribution in [-0.4, -0.2) is 31.1 Å². The van der Waals surface area contributed by atoms with Crippen molar-refractivity contribution in [1.29, 1.82) is 0 Å². The van der Waals surface area contributed by atoms with E-state index in [1.807, 2.05) is 6.07 Å². The van der Waals surface area contributed by atoms with Crippen LogP contribution in [0.1, 0.15) is 16.5 Å². The first-order valence-electron chi connectivity index (χ1n) is 6.89. The van der Waals surface area contributed by atoms with Crippen LogP contribution in [0.5, 0.6) is 0 Å². The van der Waals surface area contributed by atoms with Crippen molar-refractivity contribution in [2.75, 3.05) is 31.9 Å². The topological polar surface area (TPSA) is 41.3 Å². The molecule has 0 bridgehead atoms. The first kappa shape index (κ1) is 15.5. The molecule has 2 heterocycles. The second-order valence-electron chi connectivity index (χ2n) is 5.09. The Bertz CT molecular complexity index is 610. The van der Waals surface area contributed by atoms with Crippen LogP contribution in [0.2, 0.25) is 0 Å². The molecule has 0 radical (unpaired) electrons. The maximum atomic E-state index is 6.36. The molecule has 1 aliphatic rings. The van der Waals surface area contributed by atoms with Gasteiger partial charge >= 0.3 is 0 Å². The summed E-state index contributed by atoms with van der Waals surface area (Å²) in [7, 11) is 0. The van der Waals surface area contributed by atoms with Gasteiger partial charge in [0.25, 0.3) is 0 Å². The van der Waals surface area contributed by atoms with Crippen molar-refractivity contribution in [1.82, 2.24) is 10.2 Å². The van der Waals surface area contributed by atoms with E-state index in [0.717, 1.165) is 40.8 Å². The summed E-state index contributed by atoms with van der Waals surface area (Å²) in [6.07, 6.45) is 0. The number of nitrogen functional groups attached to an aromatic ring is 1. The van der Waals surface area contributed by atoms with Crippen LogP contribution in [0.15, 0.2) is 38.6 Å². The predicted molar refractivity (Wildman–Crippen MR) is 96.9 cm³/mol. The Morgan fingerprint density at radius 2 is 2.00 bits per heavy atom. The quantitative estimate of drug-likeness (QED) is 0.726. The summed E-state index contributed by atoms with van der Waals surface area (Å²) >= 11 is 8.95. The molecular weight excluding hydrogens is 414 g/mol. The highest BCUT2D eigenvalue weighted by Crippen LogP contribution is 2.39. The molecule has 1 aromatic carbocycles. The van der Waals surface area contributed by atoms with E-state index >= 15 is 0 Å². The van der Waals surface area contributed by atoms with Crippen LogP contribution in [0.25, 0.3) is 0 Å². The summed E-state index contributed by atoms with van der Waals surface area (Å²) < 4.78 is 2.00. The summed E-state index contributed by atoms with van der Waals surface area (Å²) in [5, 5.41) is 5.55. The van der Waals surface area contributed by atoms with Gasteiger partial charge in [0.1, 0.15) is 0 Å². The maximum Gasteiger partial charge on any atom is 0.0717 e. The van der Waals surface area contributed by atoms with E-state index in [4.69, 9.17) is 5.73 Å². The SMILES string of the molecule is Nc1c(Br)cc(Br)cc1[C@H](c1cccs1)N1CCNCC1. The van der Waals surface area contributed by atoms with Crippen molar-refractivity contribution in [3.63, 3.8) is 0 Å². The number of hydrogen-bond acceptors (Lipinski definition) is 4. The number of rotatable bonds is 3. The Balaban J connectivity index is 2.07. The van der Waals surface area contributed by atoms with Gasteiger partial charge in [-0.15, -0.1) is 11.3 Å². The number of halogens is 2. The third-order valence-electron chi connectivity index (χ3n) is 3.75. The Morgan fingerprint density at radius 3 is 2.67 bits per heavy atom. The van der Waals surface area contributed by atoms with Crippen LogP contribution in [0.4, 0.5) is 5.69 Å². The third kappa shape index (κ3) is 3.35. The van der Waals surface area contributed by atoms with Crippen molar-refractivity contribution < 1.29 is 0 Å². The zero-order valence-electron chi connectivity index (χ0n) is 11.5. The molecule has 3 nitrogen and oxygen atoms in total. The summed E-state index contributed by atoms with van der Waals surface area (Å²) in [6, 6.07) is 8.68. The molecule has 6 heteroatoms. The number of anilines is 1. The lowest BCUT2D eigenvalue weighted by Gasteiger charge is -2.35. The van der Waals surface area contributed by atoms with Gasteiger partial charge in [0.2, 0.25) is 0 Å². The van der Waals surface area contributed by atoms with Gasteiger partial charge in [-0.25, -0.2) is 0 Å². The van der Waals surface area contributed by atoms with E-state index in [0.29, 0.717) is 0 Å². The van der Waals surface area contributed by atoms with Crippen molar-refractivity contribution in [2.24, 2.45) is 0 Å². The number of piperazine rings is 1. The monoisotopic (exact) mass is 429 g/mol. The van der Waals surface area contributed by atoms with E-state index in [1.165, 1.54) is 10.4 Å². The lowest BCUT2D eigenvalue weighted by atomic mass is 10.0. The van der Waals surface area contributed by atoms with Crippen molar-refractivity contribution >= 4 is 48.9 Å². The predicted octanol–water partition coefficient (Wildman–Crippen LogP) is 3.85. The molecule has 1 aliphatic heterocycles. The fraction of sp³-hybridized carbons (Fsp3) is 0.333. The van der Waals surface area contributed by atoms with E-state index in [1.54, 1.807) is 11.3 Å². The van der Waals surface area contributed by atoms with E-state index < -0.39 is 0 Å². The molecule has 0 aliphatic carbocycles. The number of nitrogens with zero attached hydrogens (tertiary/aromatic N) is 1. The second-order valence-corrected chi connectivity index (χ2v) is 7.84. The average Bonchev–Trinajstić information content (AvgIpc) is 2.99.